The first kappa shape index (κ1) is 30.5. The first-order valence-electron chi connectivity index (χ1n) is 12.9. The van der Waals surface area contributed by atoms with Gasteiger partial charge in [-0.25, -0.2) is 8.42 Å². The van der Waals surface area contributed by atoms with Gasteiger partial charge in [0.2, 0.25) is 11.8 Å². The molecule has 0 saturated carbocycles. The number of sulfonamides is 1. The molecule has 0 bridgehead atoms. The third kappa shape index (κ3) is 6.93. The van der Waals surface area contributed by atoms with Crippen LogP contribution in [0.2, 0.25) is 0 Å². The van der Waals surface area contributed by atoms with Crippen molar-refractivity contribution < 1.29 is 27.5 Å². The number of nitrogens with zero attached hydrogens (tertiary/aromatic N) is 2. The normalized spacial score (nSPS) is 11.8. The summed E-state index contributed by atoms with van der Waals surface area (Å²) < 4.78 is 40.0. The van der Waals surface area contributed by atoms with E-state index in [1.54, 1.807) is 31.2 Å². The number of anilines is 1. The molecule has 0 aliphatic heterocycles. The van der Waals surface area contributed by atoms with Gasteiger partial charge in [-0.3, -0.25) is 13.9 Å². The predicted octanol–water partition coefficient (Wildman–Crippen LogP) is 4.07. The van der Waals surface area contributed by atoms with Crippen molar-refractivity contribution in [1.82, 2.24) is 10.2 Å². The van der Waals surface area contributed by atoms with Crippen LogP contribution < -0.4 is 19.1 Å². The van der Waals surface area contributed by atoms with Crippen LogP contribution in [-0.2, 0) is 26.2 Å². The second-order valence-electron chi connectivity index (χ2n) is 9.41. The van der Waals surface area contributed by atoms with Crippen molar-refractivity contribution in [3.05, 3.63) is 83.4 Å². The van der Waals surface area contributed by atoms with Crippen molar-refractivity contribution in [1.29, 1.82) is 0 Å². The van der Waals surface area contributed by atoms with E-state index < -0.39 is 28.5 Å². The highest BCUT2D eigenvalue weighted by Gasteiger charge is 2.34. The molecule has 3 aromatic rings. The summed E-state index contributed by atoms with van der Waals surface area (Å²) in [5.74, 6) is -0.250. The molecule has 40 heavy (non-hydrogen) atoms. The molecular weight excluding hydrogens is 530 g/mol. The van der Waals surface area contributed by atoms with Gasteiger partial charge in [-0.05, 0) is 50.1 Å². The molecule has 3 aromatic carbocycles. The second kappa shape index (κ2) is 13.3. The smallest absolute Gasteiger partial charge is 0.264 e. The summed E-state index contributed by atoms with van der Waals surface area (Å²) in [5, 5.41) is 2.62. The van der Waals surface area contributed by atoms with Gasteiger partial charge in [0.05, 0.1) is 24.8 Å². The molecule has 0 heterocycles. The van der Waals surface area contributed by atoms with Gasteiger partial charge in [-0.1, -0.05) is 54.4 Å². The van der Waals surface area contributed by atoms with Crippen LogP contribution in [0.4, 0.5) is 5.69 Å². The molecule has 3 rings (SSSR count). The van der Waals surface area contributed by atoms with Crippen LogP contribution in [0.5, 0.6) is 11.5 Å². The zero-order chi connectivity index (χ0) is 29.4. The van der Waals surface area contributed by atoms with Crippen LogP contribution >= 0.6 is 0 Å². The number of ether oxygens (including phenoxy) is 2. The molecule has 9 nitrogen and oxygen atoms in total. The van der Waals surface area contributed by atoms with Crippen molar-refractivity contribution in [2.24, 2.45) is 0 Å². The Kier molecular flexibility index (Phi) is 10.2. The minimum absolute atomic E-state index is 0.0131. The fourth-order valence-electron chi connectivity index (χ4n) is 4.32. The molecule has 0 fully saturated rings. The number of rotatable bonds is 12. The van der Waals surface area contributed by atoms with Gasteiger partial charge >= 0.3 is 0 Å². The summed E-state index contributed by atoms with van der Waals surface area (Å²) in [6.07, 6.45) is 0.338. The van der Waals surface area contributed by atoms with Gasteiger partial charge in [-0.15, -0.1) is 0 Å². The molecular formula is C30H37N3O6S. The van der Waals surface area contributed by atoms with Crippen LogP contribution in [0.25, 0.3) is 0 Å². The summed E-state index contributed by atoms with van der Waals surface area (Å²) in [4.78, 5) is 28.4. The molecule has 1 atom stereocenters. The number of benzene rings is 3. The summed E-state index contributed by atoms with van der Waals surface area (Å²) >= 11 is 0. The molecule has 0 spiro atoms. The summed E-state index contributed by atoms with van der Waals surface area (Å²) in [6.45, 7) is 5.18. The van der Waals surface area contributed by atoms with Gasteiger partial charge in [0, 0.05) is 19.7 Å². The molecule has 0 saturated heterocycles. The predicted molar refractivity (Wildman–Crippen MR) is 155 cm³/mol. The standard InChI is InChI=1S/C30H37N3O6S/c1-7-26(30(35)31-4)32(19-23-12-8-21(2)9-13-23)29(34)20-33(27-18-24(38-5)14-17-28(27)39-6)40(36,37)25-15-10-22(3)11-16-25/h8-18,26H,7,19-20H2,1-6H3,(H,31,35)/t26-/m0/s1. The van der Waals surface area contributed by atoms with Gasteiger partial charge in [0.1, 0.15) is 24.1 Å². The lowest BCUT2D eigenvalue weighted by Crippen LogP contribution is -2.51. The first-order valence-corrected chi connectivity index (χ1v) is 14.4. The van der Waals surface area contributed by atoms with Crippen molar-refractivity contribution in [2.75, 3.05) is 32.1 Å². The highest BCUT2D eigenvalue weighted by Crippen LogP contribution is 2.36. The van der Waals surface area contributed by atoms with Gasteiger partial charge in [0.25, 0.3) is 10.0 Å². The average molecular weight is 568 g/mol. The third-order valence-corrected chi connectivity index (χ3v) is 8.42. The summed E-state index contributed by atoms with van der Waals surface area (Å²) in [7, 11) is 0.154. The molecule has 1 N–H and O–H groups in total. The highest BCUT2D eigenvalue weighted by atomic mass is 32.2. The Balaban J connectivity index is 2.14. The number of amides is 2. The van der Waals surface area contributed by atoms with E-state index in [9.17, 15) is 18.0 Å². The number of hydrogen-bond acceptors (Lipinski definition) is 6. The van der Waals surface area contributed by atoms with Gasteiger partial charge < -0.3 is 19.7 Å². The Morgan fingerprint density at radius 2 is 1.50 bits per heavy atom. The Labute approximate surface area is 236 Å². The Morgan fingerprint density at radius 3 is 2.02 bits per heavy atom. The number of carbonyl (C=O) groups is 2. The molecule has 2 amide bonds. The van der Waals surface area contributed by atoms with Crippen molar-refractivity contribution in [3.63, 3.8) is 0 Å². The van der Waals surface area contributed by atoms with Crippen LogP contribution in [-0.4, -0.2) is 59.0 Å². The van der Waals surface area contributed by atoms with E-state index in [0.717, 1.165) is 21.0 Å². The number of likely N-dealkylation sites (N-methyl/N-ethyl adjacent to an activating group) is 1. The van der Waals surface area contributed by atoms with E-state index in [-0.39, 0.29) is 28.8 Å². The Bertz CT molecular complexity index is 1420. The van der Waals surface area contributed by atoms with Crippen LogP contribution in [0, 0.1) is 13.8 Å². The van der Waals surface area contributed by atoms with E-state index in [1.165, 1.54) is 44.4 Å². The maximum atomic E-state index is 14.1. The molecule has 10 heteroatoms. The quantitative estimate of drug-likeness (QED) is 0.354. The number of aryl methyl sites for hydroxylation is 2. The lowest BCUT2D eigenvalue weighted by atomic mass is 10.1. The number of nitrogens with one attached hydrogen (secondary N) is 1. The second-order valence-corrected chi connectivity index (χ2v) is 11.3. The molecule has 0 aromatic heterocycles. The fourth-order valence-corrected chi connectivity index (χ4v) is 5.74. The van der Waals surface area contributed by atoms with Gasteiger partial charge in [-0.2, -0.15) is 0 Å². The molecule has 0 radical (unpaired) electrons. The van der Waals surface area contributed by atoms with Crippen LogP contribution in [0.3, 0.4) is 0 Å². The molecule has 0 aliphatic rings. The Morgan fingerprint density at radius 1 is 0.900 bits per heavy atom. The number of carbonyl (C=O) groups excluding carboxylic acids is 2. The lowest BCUT2D eigenvalue weighted by molar-refractivity contribution is -0.140. The van der Waals surface area contributed by atoms with Crippen LogP contribution in [0.1, 0.15) is 30.0 Å². The monoisotopic (exact) mass is 567 g/mol. The molecule has 214 valence electrons. The number of methoxy groups -OCH3 is 2. The van der Waals surface area contributed by atoms with E-state index in [1.807, 2.05) is 38.1 Å². The van der Waals surface area contributed by atoms with E-state index in [4.69, 9.17) is 9.47 Å². The average Bonchev–Trinajstić information content (AvgIpc) is 2.96. The van der Waals surface area contributed by atoms with E-state index in [2.05, 4.69) is 5.32 Å². The Hall–Kier alpha value is -4.05. The SMILES string of the molecule is CC[C@@H](C(=O)NC)N(Cc1ccc(C)cc1)C(=O)CN(c1cc(OC)ccc1OC)S(=O)(=O)c1ccc(C)cc1. The maximum Gasteiger partial charge on any atom is 0.264 e. The van der Waals surface area contributed by atoms with E-state index >= 15 is 0 Å². The van der Waals surface area contributed by atoms with Crippen molar-refractivity contribution in [2.45, 2.75) is 44.7 Å². The summed E-state index contributed by atoms with van der Waals surface area (Å²) in [6, 6.07) is 17.9. The highest BCUT2D eigenvalue weighted by molar-refractivity contribution is 7.92. The lowest BCUT2D eigenvalue weighted by Gasteiger charge is -2.33. The summed E-state index contributed by atoms with van der Waals surface area (Å²) in [5.41, 5.74) is 2.90. The number of hydrogen-bond donors (Lipinski definition) is 1. The maximum absolute atomic E-state index is 14.1. The largest absolute Gasteiger partial charge is 0.497 e. The zero-order valence-electron chi connectivity index (χ0n) is 23.8. The fraction of sp³-hybridized carbons (Fsp3) is 0.333. The zero-order valence-corrected chi connectivity index (χ0v) is 24.6. The first-order chi connectivity index (χ1) is 19.0. The topological polar surface area (TPSA) is 105 Å². The van der Waals surface area contributed by atoms with Gasteiger partial charge in [0.15, 0.2) is 0 Å². The minimum Gasteiger partial charge on any atom is -0.497 e. The minimum atomic E-state index is -4.24. The van der Waals surface area contributed by atoms with E-state index in [0.29, 0.717) is 12.2 Å². The van der Waals surface area contributed by atoms with Crippen molar-refractivity contribution >= 4 is 27.5 Å². The third-order valence-electron chi connectivity index (χ3n) is 6.65. The van der Waals surface area contributed by atoms with Crippen molar-refractivity contribution in [3.8, 4) is 11.5 Å². The van der Waals surface area contributed by atoms with Crippen LogP contribution in [0.15, 0.2) is 71.6 Å². The molecule has 0 unspecified atom stereocenters. The molecule has 0 aliphatic carbocycles.